The van der Waals surface area contributed by atoms with Crippen molar-refractivity contribution in [2.75, 3.05) is 6.54 Å². The Hall–Kier alpha value is -1.26. The number of hydrogen-bond acceptors (Lipinski definition) is 2. The van der Waals surface area contributed by atoms with Crippen LogP contribution in [0.15, 0.2) is 0 Å². The molecule has 0 aliphatic rings. The first-order valence-electron chi connectivity index (χ1n) is 6.23. The number of carboxylic acid groups (broad SMARTS) is 1. The van der Waals surface area contributed by atoms with Gasteiger partial charge in [-0.3, -0.25) is 4.79 Å². The molecule has 0 radical (unpaired) electrons. The van der Waals surface area contributed by atoms with Crippen molar-refractivity contribution in [1.29, 1.82) is 0 Å². The van der Waals surface area contributed by atoms with E-state index >= 15 is 0 Å². The quantitative estimate of drug-likeness (QED) is 0.571. The van der Waals surface area contributed by atoms with Gasteiger partial charge < -0.3 is 15.7 Å². The molecule has 0 bridgehead atoms. The standard InChI is InChI=1S/C12H24N2O3/c1-4-9(2)10(3)14-12(17)13-8-6-5-7-11(15)16/h9-10H,4-8H2,1-3H3,(H,15,16)(H2,13,14,17). The summed E-state index contributed by atoms with van der Waals surface area (Å²) in [6.45, 7) is 6.69. The predicted octanol–water partition coefficient (Wildman–Crippen LogP) is 1.98. The number of rotatable bonds is 8. The van der Waals surface area contributed by atoms with Crippen LogP contribution >= 0.6 is 0 Å². The van der Waals surface area contributed by atoms with Gasteiger partial charge in [-0.15, -0.1) is 0 Å². The Labute approximate surface area is 103 Å². The highest BCUT2D eigenvalue weighted by atomic mass is 16.4. The van der Waals surface area contributed by atoms with Crippen molar-refractivity contribution in [2.45, 2.75) is 52.5 Å². The van der Waals surface area contributed by atoms with Crippen LogP contribution < -0.4 is 10.6 Å². The average Bonchev–Trinajstić information content (AvgIpc) is 2.26. The van der Waals surface area contributed by atoms with Gasteiger partial charge in [-0.1, -0.05) is 20.3 Å². The highest BCUT2D eigenvalue weighted by Gasteiger charge is 2.12. The Morgan fingerprint density at radius 3 is 2.41 bits per heavy atom. The fourth-order valence-electron chi connectivity index (χ4n) is 1.36. The molecule has 0 aliphatic heterocycles. The van der Waals surface area contributed by atoms with Crippen molar-refractivity contribution >= 4 is 12.0 Å². The van der Waals surface area contributed by atoms with Crippen LogP contribution in [0.25, 0.3) is 0 Å². The summed E-state index contributed by atoms with van der Waals surface area (Å²) in [6, 6.07) is -0.0212. The highest BCUT2D eigenvalue weighted by molar-refractivity contribution is 5.74. The van der Waals surface area contributed by atoms with Gasteiger partial charge in [-0.25, -0.2) is 4.79 Å². The Balaban J connectivity index is 3.56. The molecular weight excluding hydrogens is 220 g/mol. The zero-order valence-corrected chi connectivity index (χ0v) is 11.0. The Morgan fingerprint density at radius 2 is 1.88 bits per heavy atom. The fraction of sp³-hybridized carbons (Fsp3) is 0.833. The monoisotopic (exact) mass is 244 g/mol. The van der Waals surface area contributed by atoms with Gasteiger partial charge in [-0.05, 0) is 25.7 Å². The maximum Gasteiger partial charge on any atom is 0.315 e. The third-order valence-electron chi connectivity index (χ3n) is 2.96. The molecule has 0 aromatic rings. The molecule has 0 aromatic heterocycles. The molecule has 2 amide bonds. The molecule has 0 saturated heterocycles. The van der Waals surface area contributed by atoms with Crippen molar-refractivity contribution < 1.29 is 14.7 Å². The van der Waals surface area contributed by atoms with Gasteiger partial charge in [0.15, 0.2) is 0 Å². The minimum Gasteiger partial charge on any atom is -0.481 e. The van der Waals surface area contributed by atoms with Gasteiger partial charge in [0.1, 0.15) is 0 Å². The van der Waals surface area contributed by atoms with E-state index in [1.807, 2.05) is 6.92 Å². The molecule has 0 saturated carbocycles. The van der Waals surface area contributed by atoms with E-state index in [9.17, 15) is 9.59 Å². The van der Waals surface area contributed by atoms with Crippen LogP contribution in [0.4, 0.5) is 4.79 Å². The third kappa shape index (κ3) is 8.54. The van der Waals surface area contributed by atoms with Crippen molar-refractivity contribution in [3.05, 3.63) is 0 Å². The highest BCUT2D eigenvalue weighted by Crippen LogP contribution is 2.05. The fourth-order valence-corrected chi connectivity index (χ4v) is 1.36. The molecule has 0 aliphatic carbocycles. The SMILES string of the molecule is CCC(C)C(C)NC(=O)NCCCCC(=O)O. The van der Waals surface area contributed by atoms with E-state index < -0.39 is 5.97 Å². The van der Waals surface area contributed by atoms with Gasteiger partial charge in [0, 0.05) is 19.0 Å². The number of urea groups is 1. The van der Waals surface area contributed by atoms with Gasteiger partial charge >= 0.3 is 12.0 Å². The van der Waals surface area contributed by atoms with E-state index in [-0.39, 0.29) is 18.5 Å². The number of hydrogen-bond donors (Lipinski definition) is 3. The number of carboxylic acids is 1. The molecule has 5 nitrogen and oxygen atoms in total. The molecule has 17 heavy (non-hydrogen) atoms. The summed E-state index contributed by atoms with van der Waals surface area (Å²) in [5.41, 5.74) is 0. The summed E-state index contributed by atoms with van der Waals surface area (Å²) < 4.78 is 0. The van der Waals surface area contributed by atoms with E-state index in [1.54, 1.807) is 0 Å². The molecule has 2 atom stereocenters. The minimum absolute atomic E-state index is 0.152. The van der Waals surface area contributed by atoms with Crippen molar-refractivity contribution in [3.63, 3.8) is 0 Å². The summed E-state index contributed by atoms with van der Waals surface area (Å²) in [4.78, 5) is 21.7. The zero-order chi connectivity index (χ0) is 13.3. The zero-order valence-electron chi connectivity index (χ0n) is 11.0. The van der Waals surface area contributed by atoms with Crippen LogP contribution in [-0.2, 0) is 4.79 Å². The molecule has 0 rings (SSSR count). The van der Waals surface area contributed by atoms with Gasteiger partial charge in [0.25, 0.3) is 0 Å². The van der Waals surface area contributed by atoms with Gasteiger partial charge in [-0.2, -0.15) is 0 Å². The summed E-state index contributed by atoms with van der Waals surface area (Å²) in [5, 5.41) is 14.0. The molecule has 3 N–H and O–H groups in total. The summed E-state index contributed by atoms with van der Waals surface area (Å²) in [7, 11) is 0. The average molecular weight is 244 g/mol. The Kier molecular flexibility index (Phi) is 8.19. The van der Waals surface area contributed by atoms with Crippen LogP contribution in [0.5, 0.6) is 0 Å². The molecular formula is C12H24N2O3. The van der Waals surface area contributed by atoms with E-state index in [1.165, 1.54) is 0 Å². The molecule has 0 heterocycles. The lowest BCUT2D eigenvalue weighted by atomic mass is 10.0. The van der Waals surface area contributed by atoms with Gasteiger partial charge in [0.05, 0.1) is 0 Å². The number of amides is 2. The molecule has 5 heteroatoms. The number of unbranched alkanes of at least 4 members (excludes halogenated alkanes) is 1. The lowest BCUT2D eigenvalue weighted by Gasteiger charge is -2.20. The van der Waals surface area contributed by atoms with E-state index in [0.717, 1.165) is 6.42 Å². The number of nitrogens with one attached hydrogen (secondary N) is 2. The maximum atomic E-state index is 11.4. The van der Waals surface area contributed by atoms with Crippen LogP contribution in [-0.4, -0.2) is 29.7 Å². The van der Waals surface area contributed by atoms with Crippen molar-refractivity contribution in [1.82, 2.24) is 10.6 Å². The number of carbonyl (C=O) groups excluding carboxylic acids is 1. The second-order valence-electron chi connectivity index (χ2n) is 4.43. The first-order valence-corrected chi connectivity index (χ1v) is 6.23. The Bertz CT molecular complexity index is 244. The summed E-state index contributed by atoms with van der Waals surface area (Å²) in [6.07, 6.45) is 2.47. The second-order valence-corrected chi connectivity index (χ2v) is 4.43. The van der Waals surface area contributed by atoms with E-state index in [2.05, 4.69) is 24.5 Å². The first kappa shape index (κ1) is 15.7. The first-order chi connectivity index (χ1) is 7.97. The smallest absolute Gasteiger partial charge is 0.315 e. The van der Waals surface area contributed by atoms with E-state index in [4.69, 9.17) is 5.11 Å². The molecule has 0 spiro atoms. The predicted molar refractivity (Wildman–Crippen MR) is 66.9 cm³/mol. The summed E-state index contributed by atoms with van der Waals surface area (Å²) in [5.74, 6) is -0.340. The minimum atomic E-state index is -0.792. The normalized spacial score (nSPS) is 13.8. The second kappa shape index (κ2) is 8.84. The lowest BCUT2D eigenvalue weighted by Crippen LogP contribution is -2.43. The van der Waals surface area contributed by atoms with Crippen LogP contribution in [0.2, 0.25) is 0 Å². The largest absolute Gasteiger partial charge is 0.481 e. The summed E-state index contributed by atoms with van der Waals surface area (Å²) >= 11 is 0. The number of aliphatic carboxylic acids is 1. The lowest BCUT2D eigenvalue weighted by molar-refractivity contribution is -0.137. The number of carbonyl (C=O) groups is 2. The van der Waals surface area contributed by atoms with Crippen molar-refractivity contribution in [2.24, 2.45) is 5.92 Å². The molecule has 2 unspecified atom stereocenters. The topological polar surface area (TPSA) is 78.4 Å². The van der Waals surface area contributed by atoms with E-state index in [0.29, 0.717) is 25.3 Å². The van der Waals surface area contributed by atoms with Crippen LogP contribution in [0, 0.1) is 5.92 Å². The van der Waals surface area contributed by atoms with Gasteiger partial charge in [0.2, 0.25) is 0 Å². The van der Waals surface area contributed by atoms with Crippen molar-refractivity contribution in [3.8, 4) is 0 Å². The van der Waals surface area contributed by atoms with Crippen LogP contribution in [0.3, 0.4) is 0 Å². The van der Waals surface area contributed by atoms with Crippen LogP contribution in [0.1, 0.15) is 46.5 Å². The molecule has 0 aromatic carbocycles. The Morgan fingerprint density at radius 1 is 1.24 bits per heavy atom. The molecule has 100 valence electrons. The third-order valence-corrected chi connectivity index (χ3v) is 2.96. The maximum absolute atomic E-state index is 11.4. The molecule has 0 fully saturated rings.